The van der Waals surface area contributed by atoms with Crippen LogP contribution in [0, 0.1) is 0 Å². The molecule has 0 N–H and O–H groups in total. The number of hydrogen-bond donors (Lipinski definition) is 0. The van der Waals surface area contributed by atoms with Gasteiger partial charge in [0.2, 0.25) is 0 Å². The average Bonchev–Trinajstić information content (AvgIpc) is 2.98. The summed E-state index contributed by atoms with van der Waals surface area (Å²) in [6.45, 7) is 2.45. The minimum Gasteiger partial charge on any atom is -0.493 e. The van der Waals surface area contributed by atoms with Crippen molar-refractivity contribution in [3.8, 4) is 5.75 Å². The molecular weight excluding hydrogens is 456 g/mol. The monoisotopic (exact) mass is 474 g/mol. The molecule has 150 valence electrons. The number of amides is 1. The van der Waals surface area contributed by atoms with Crippen molar-refractivity contribution in [2.75, 3.05) is 20.8 Å². The number of hydrogen-bond acceptors (Lipinski definition) is 6. The number of ether oxygens (including phenoxy) is 2. The molecule has 1 aliphatic heterocycles. The smallest absolute Gasteiger partial charge is 0.337 e. The molecule has 6 nitrogen and oxygen atoms in total. The van der Waals surface area contributed by atoms with Crippen LogP contribution in [0.1, 0.15) is 22.8 Å². The minimum absolute atomic E-state index is 0.137. The first kappa shape index (κ1) is 21.1. The number of nitrogens with zero attached hydrogens (tertiary/aromatic N) is 2. The molecule has 29 heavy (non-hydrogen) atoms. The Balaban J connectivity index is 1.88. The van der Waals surface area contributed by atoms with E-state index < -0.39 is 5.97 Å². The van der Waals surface area contributed by atoms with E-state index in [0.29, 0.717) is 33.7 Å². The highest BCUT2D eigenvalue weighted by Gasteiger charge is 2.30. The zero-order chi connectivity index (χ0) is 21.0. The van der Waals surface area contributed by atoms with Crippen LogP contribution < -0.4 is 4.74 Å². The molecule has 0 saturated carbocycles. The van der Waals surface area contributed by atoms with Gasteiger partial charge < -0.3 is 9.47 Å². The largest absolute Gasteiger partial charge is 0.493 e. The van der Waals surface area contributed by atoms with Crippen molar-refractivity contribution in [2.24, 2.45) is 4.99 Å². The van der Waals surface area contributed by atoms with Crippen LogP contribution in [0.5, 0.6) is 5.75 Å². The number of thioether (sulfide) groups is 1. The first-order valence-electron chi connectivity index (χ1n) is 8.80. The molecule has 1 heterocycles. The van der Waals surface area contributed by atoms with Crippen molar-refractivity contribution < 1.29 is 19.1 Å². The molecule has 1 fully saturated rings. The van der Waals surface area contributed by atoms with Crippen LogP contribution in [0.3, 0.4) is 0 Å². The van der Waals surface area contributed by atoms with Gasteiger partial charge in [-0.3, -0.25) is 9.69 Å². The van der Waals surface area contributed by atoms with E-state index in [4.69, 9.17) is 9.47 Å². The zero-order valence-corrected chi connectivity index (χ0v) is 18.5. The van der Waals surface area contributed by atoms with Crippen molar-refractivity contribution in [3.63, 3.8) is 0 Å². The molecule has 1 amide bonds. The van der Waals surface area contributed by atoms with E-state index in [9.17, 15) is 9.59 Å². The fraction of sp³-hybridized carbons (Fsp3) is 0.190. The Labute approximate surface area is 181 Å². The Hall–Kier alpha value is -2.58. The Kier molecular flexibility index (Phi) is 6.76. The number of methoxy groups -OCH3 is 1. The number of likely N-dealkylation sites (N-methyl/N-ethyl adjacent to an activating group) is 1. The van der Waals surface area contributed by atoms with Crippen molar-refractivity contribution in [1.82, 2.24) is 4.90 Å². The third kappa shape index (κ3) is 4.89. The lowest BCUT2D eigenvalue weighted by Gasteiger charge is -2.08. The maximum Gasteiger partial charge on any atom is 0.337 e. The SMILES string of the molecule is CCOc1ccc(Br)cc1C=C1SC(=Nc2ccc(C(=O)OC)cc2)N(C)C1=O. The van der Waals surface area contributed by atoms with Gasteiger partial charge in [0.15, 0.2) is 5.17 Å². The number of halogens is 1. The highest BCUT2D eigenvalue weighted by atomic mass is 79.9. The molecule has 0 atom stereocenters. The van der Waals surface area contributed by atoms with Gasteiger partial charge in [-0.2, -0.15) is 0 Å². The van der Waals surface area contributed by atoms with E-state index in [0.717, 1.165) is 10.0 Å². The third-order valence-corrected chi connectivity index (χ3v) is 5.63. The van der Waals surface area contributed by atoms with E-state index in [1.54, 1.807) is 31.3 Å². The Morgan fingerprint density at radius 2 is 1.97 bits per heavy atom. The van der Waals surface area contributed by atoms with Crippen LogP contribution in [-0.2, 0) is 9.53 Å². The highest BCUT2D eigenvalue weighted by molar-refractivity contribution is 9.10. The van der Waals surface area contributed by atoms with Gasteiger partial charge in [0.1, 0.15) is 5.75 Å². The molecule has 0 bridgehead atoms. The van der Waals surface area contributed by atoms with Crippen LogP contribution in [0.2, 0.25) is 0 Å². The van der Waals surface area contributed by atoms with E-state index in [-0.39, 0.29) is 5.91 Å². The molecule has 2 aromatic rings. The molecule has 0 aromatic heterocycles. The summed E-state index contributed by atoms with van der Waals surface area (Å²) in [6.07, 6.45) is 1.81. The number of esters is 1. The first-order valence-corrected chi connectivity index (χ1v) is 10.4. The Morgan fingerprint density at radius 3 is 2.62 bits per heavy atom. The topological polar surface area (TPSA) is 68.2 Å². The molecule has 0 aliphatic carbocycles. The van der Waals surface area contributed by atoms with Crippen molar-refractivity contribution >= 4 is 56.5 Å². The van der Waals surface area contributed by atoms with Crippen molar-refractivity contribution in [3.05, 3.63) is 63.0 Å². The van der Waals surface area contributed by atoms with Gasteiger partial charge >= 0.3 is 5.97 Å². The van der Waals surface area contributed by atoms with E-state index in [1.165, 1.54) is 23.8 Å². The van der Waals surface area contributed by atoms with E-state index in [1.807, 2.05) is 31.2 Å². The van der Waals surface area contributed by atoms with Crippen LogP contribution in [-0.4, -0.2) is 42.7 Å². The lowest BCUT2D eigenvalue weighted by Crippen LogP contribution is -2.23. The fourth-order valence-corrected chi connectivity index (χ4v) is 3.97. The molecule has 0 unspecified atom stereocenters. The average molecular weight is 475 g/mol. The van der Waals surface area contributed by atoms with Gasteiger partial charge in [-0.05, 0) is 67.2 Å². The summed E-state index contributed by atoms with van der Waals surface area (Å²) in [6, 6.07) is 12.4. The Bertz CT molecular complexity index is 1000. The number of rotatable bonds is 5. The summed E-state index contributed by atoms with van der Waals surface area (Å²) in [5.41, 5.74) is 1.89. The standard InChI is InChI=1S/C21H19BrN2O4S/c1-4-28-17-10-7-15(22)11-14(17)12-18-19(25)24(2)21(29-18)23-16-8-5-13(6-9-16)20(26)27-3/h5-12H,4H2,1-3H3. The van der Waals surface area contributed by atoms with Gasteiger partial charge in [0.25, 0.3) is 5.91 Å². The number of carbonyl (C=O) groups is 2. The maximum absolute atomic E-state index is 12.7. The summed E-state index contributed by atoms with van der Waals surface area (Å²) < 4.78 is 11.3. The fourth-order valence-electron chi connectivity index (χ4n) is 2.61. The van der Waals surface area contributed by atoms with Crippen LogP contribution in [0.4, 0.5) is 5.69 Å². The molecule has 8 heteroatoms. The normalized spacial score (nSPS) is 16.6. The summed E-state index contributed by atoms with van der Waals surface area (Å²) in [4.78, 5) is 30.8. The molecule has 1 aliphatic rings. The molecule has 3 rings (SSSR count). The highest BCUT2D eigenvalue weighted by Crippen LogP contribution is 2.35. The number of amidine groups is 1. The van der Waals surface area contributed by atoms with Crippen LogP contribution in [0.25, 0.3) is 6.08 Å². The van der Waals surface area contributed by atoms with Crippen molar-refractivity contribution in [2.45, 2.75) is 6.92 Å². The maximum atomic E-state index is 12.7. The van der Waals surface area contributed by atoms with E-state index in [2.05, 4.69) is 20.9 Å². The van der Waals surface area contributed by atoms with Gasteiger partial charge in [0.05, 0.1) is 29.9 Å². The quantitative estimate of drug-likeness (QED) is 0.456. The number of benzene rings is 2. The van der Waals surface area contributed by atoms with Gasteiger partial charge in [-0.1, -0.05) is 15.9 Å². The predicted molar refractivity (Wildman–Crippen MR) is 119 cm³/mol. The molecular formula is C21H19BrN2O4S. The zero-order valence-electron chi connectivity index (χ0n) is 16.1. The lowest BCUT2D eigenvalue weighted by molar-refractivity contribution is -0.121. The Morgan fingerprint density at radius 1 is 1.24 bits per heavy atom. The summed E-state index contributed by atoms with van der Waals surface area (Å²) >= 11 is 4.75. The minimum atomic E-state index is -0.406. The first-order chi connectivity index (χ1) is 13.9. The van der Waals surface area contributed by atoms with Gasteiger partial charge in [-0.15, -0.1) is 0 Å². The molecule has 0 spiro atoms. The second-order valence-electron chi connectivity index (χ2n) is 6.02. The predicted octanol–water partition coefficient (Wildman–Crippen LogP) is 4.87. The summed E-state index contributed by atoms with van der Waals surface area (Å²) in [7, 11) is 3.02. The number of carbonyl (C=O) groups excluding carboxylic acids is 2. The number of aliphatic imine (C=N–C) groups is 1. The lowest BCUT2D eigenvalue weighted by atomic mass is 10.2. The molecule has 0 radical (unpaired) electrons. The second-order valence-corrected chi connectivity index (χ2v) is 7.95. The summed E-state index contributed by atoms with van der Waals surface area (Å²) in [5.74, 6) is 0.168. The van der Waals surface area contributed by atoms with E-state index >= 15 is 0 Å². The second kappa shape index (κ2) is 9.28. The summed E-state index contributed by atoms with van der Waals surface area (Å²) in [5, 5.41) is 0.556. The van der Waals surface area contributed by atoms with Gasteiger partial charge in [-0.25, -0.2) is 9.79 Å². The van der Waals surface area contributed by atoms with Crippen LogP contribution >= 0.6 is 27.7 Å². The molecule has 2 aromatic carbocycles. The third-order valence-electron chi connectivity index (χ3n) is 4.08. The molecule has 1 saturated heterocycles. The van der Waals surface area contributed by atoms with Crippen LogP contribution in [0.15, 0.2) is 56.8 Å². The van der Waals surface area contributed by atoms with Crippen molar-refractivity contribution in [1.29, 1.82) is 0 Å². The van der Waals surface area contributed by atoms with Gasteiger partial charge in [0, 0.05) is 17.1 Å².